The van der Waals surface area contributed by atoms with Crippen molar-refractivity contribution >= 4 is 11.9 Å². The van der Waals surface area contributed by atoms with Gasteiger partial charge in [0.05, 0.1) is 12.0 Å². The summed E-state index contributed by atoms with van der Waals surface area (Å²) in [5.74, 6) is -0.778. The van der Waals surface area contributed by atoms with Crippen LogP contribution in [-0.4, -0.2) is 30.1 Å². The second-order valence-corrected chi connectivity index (χ2v) is 5.69. The van der Waals surface area contributed by atoms with Crippen molar-refractivity contribution < 1.29 is 23.8 Å². The number of hydrogen-bond acceptors (Lipinski definition) is 3. The molecular formula is C16H22FNO4. The lowest BCUT2D eigenvalue weighted by atomic mass is 9.90. The second kappa shape index (κ2) is 8.36. The highest BCUT2D eigenvalue weighted by molar-refractivity contribution is 5.76. The van der Waals surface area contributed by atoms with Crippen LogP contribution < -0.4 is 10.1 Å². The molecule has 0 bridgehead atoms. The summed E-state index contributed by atoms with van der Waals surface area (Å²) in [5.41, 5.74) is -0.848. The number of carboxylic acids is 1. The number of carbonyl (C=O) groups excluding carboxylic acids is 1. The predicted octanol–water partition coefficient (Wildman–Crippen LogP) is 2.60. The summed E-state index contributed by atoms with van der Waals surface area (Å²) in [5, 5.41) is 11.6. The molecule has 1 aromatic rings. The molecule has 0 aliphatic heterocycles. The maximum atomic E-state index is 12.7. The fraction of sp³-hybridized carbons (Fsp3) is 0.500. The molecule has 0 fully saturated rings. The molecule has 22 heavy (non-hydrogen) atoms. The Morgan fingerprint density at radius 2 is 1.91 bits per heavy atom. The van der Waals surface area contributed by atoms with Gasteiger partial charge in [-0.25, -0.2) is 4.39 Å². The normalized spacial score (nSPS) is 11.0. The number of carbonyl (C=O) groups is 2. The van der Waals surface area contributed by atoms with Crippen LogP contribution in [-0.2, 0) is 9.59 Å². The first-order valence-corrected chi connectivity index (χ1v) is 7.20. The van der Waals surface area contributed by atoms with Gasteiger partial charge in [-0.2, -0.15) is 0 Å². The number of aliphatic carboxylic acids is 1. The lowest BCUT2D eigenvalue weighted by Gasteiger charge is -2.18. The van der Waals surface area contributed by atoms with E-state index in [1.165, 1.54) is 24.3 Å². The van der Waals surface area contributed by atoms with Gasteiger partial charge in [0.2, 0.25) is 5.91 Å². The maximum absolute atomic E-state index is 12.7. The van der Waals surface area contributed by atoms with E-state index >= 15 is 0 Å². The number of halogens is 1. The zero-order valence-electron chi connectivity index (χ0n) is 12.9. The van der Waals surface area contributed by atoms with E-state index in [0.29, 0.717) is 38.2 Å². The van der Waals surface area contributed by atoms with Crippen LogP contribution in [0.5, 0.6) is 5.75 Å². The van der Waals surface area contributed by atoms with Crippen LogP contribution in [0.2, 0.25) is 0 Å². The molecule has 2 N–H and O–H groups in total. The van der Waals surface area contributed by atoms with Gasteiger partial charge in [-0.3, -0.25) is 9.59 Å². The minimum absolute atomic E-state index is 0.135. The smallest absolute Gasteiger partial charge is 0.309 e. The average molecular weight is 311 g/mol. The van der Waals surface area contributed by atoms with Crippen molar-refractivity contribution in [2.24, 2.45) is 5.41 Å². The molecule has 0 aromatic heterocycles. The third-order valence-corrected chi connectivity index (χ3v) is 3.28. The van der Waals surface area contributed by atoms with E-state index in [1.54, 1.807) is 13.8 Å². The van der Waals surface area contributed by atoms with Crippen LogP contribution in [0.15, 0.2) is 24.3 Å². The summed E-state index contributed by atoms with van der Waals surface area (Å²) >= 11 is 0. The number of benzene rings is 1. The molecule has 5 nitrogen and oxygen atoms in total. The minimum Gasteiger partial charge on any atom is -0.494 e. The molecule has 0 aliphatic rings. The van der Waals surface area contributed by atoms with Gasteiger partial charge < -0.3 is 15.2 Å². The number of hydrogen-bond donors (Lipinski definition) is 2. The van der Waals surface area contributed by atoms with Crippen LogP contribution in [0.3, 0.4) is 0 Å². The Morgan fingerprint density at radius 1 is 1.27 bits per heavy atom. The molecule has 1 aromatic carbocycles. The summed E-state index contributed by atoms with van der Waals surface area (Å²) in [4.78, 5) is 22.5. The molecule has 0 unspecified atom stereocenters. The molecule has 0 radical (unpaired) electrons. The van der Waals surface area contributed by atoms with Gasteiger partial charge in [-0.1, -0.05) is 0 Å². The maximum Gasteiger partial charge on any atom is 0.309 e. The highest BCUT2D eigenvalue weighted by Gasteiger charge is 2.26. The molecule has 0 atom stereocenters. The van der Waals surface area contributed by atoms with Crippen molar-refractivity contribution in [3.63, 3.8) is 0 Å². The summed E-state index contributed by atoms with van der Waals surface area (Å²) in [6.45, 7) is 3.94. The van der Waals surface area contributed by atoms with E-state index in [9.17, 15) is 14.0 Å². The third-order valence-electron chi connectivity index (χ3n) is 3.28. The molecule has 0 heterocycles. The van der Waals surface area contributed by atoms with Crippen molar-refractivity contribution in [1.82, 2.24) is 5.32 Å². The van der Waals surface area contributed by atoms with Gasteiger partial charge in [0, 0.05) is 13.0 Å². The molecule has 6 heteroatoms. The summed E-state index contributed by atoms with van der Waals surface area (Å²) in [6.07, 6.45) is 1.21. The van der Waals surface area contributed by atoms with Gasteiger partial charge in [-0.05, 0) is 51.0 Å². The Kier molecular flexibility index (Phi) is 6.82. The van der Waals surface area contributed by atoms with E-state index in [-0.39, 0.29) is 11.7 Å². The average Bonchev–Trinajstić information content (AvgIpc) is 2.45. The van der Waals surface area contributed by atoms with Crippen LogP contribution in [0.25, 0.3) is 0 Å². The zero-order chi connectivity index (χ0) is 16.6. The third kappa shape index (κ3) is 6.56. The molecule has 0 saturated heterocycles. The van der Waals surface area contributed by atoms with E-state index in [1.807, 2.05) is 0 Å². The van der Waals surface area contributed by atoms with Crippen molar-refractivity contribution in [2.75, 3.05) is 13.2 Å². The van der Waals surface area contributed by atoms with Crippen LogP contribution >= 0.6 is 0 Å². The summed E-state index contributed by atoms with van der Waals surface area (Å²) in [7, 11) is 0. The molecular weight excluding hydrogens is 289 g/mol. The first-order chi connectivity index (χ1) is 10.3. The first kappa shape index (κ1) is 17.9. The lowest BCUT2D eigenvalue weighted by molar-refractivity contribution is -0.147. The Morgan fingerprint density at radius 3 is 2.50 bits per heavy atom. The molecule has 1 amide bonds. The SMILES string of the molecule is CC(C)(CCNC(=O)CCCOc1ccc(F)cc1)C(=O)O. The van der Waals surface area contributed by atoms with Crippen molar-refractivity contribution in [3.8, 4) is 5.75 Å². The Balaban J connectivity index is 2.13. The first-order valence-electron chi connectivity index (χ1n) is 7.20. The monoisotopic (exact) mass is 311 g/mol. The van der Waals surface area contributed by atoms with Gasteiger partial charge in [-0.15, -0.1) is 0 Å². The molecule has 0 saturated carbocycles. The van der Waals surface area contributed by atoms with Gasteiger partial charge in [0.15, 0.2) is 0 Å². The Hall–Kier alpha value is -2.11. The summed E-state index contributed by atoms with van der Waals surface area (Å²) < 4.78 is 18.1. The number of carboxylic acid groups (broad SMARTS) is 1. The number of nitrogens with one attached hydrogen (secondary N) is 1. The van der Waals surface area contributed by atoms with E-state index in [0.717, 1.165) is 0 Å². The quantitative estimate of drug-likeness (QED) is 0.687. The predicted molar refractivity (Wildman–Crippen MR) is 80.2 cm³/mol. The topological polar surface area (TPSA) is 75.6 Å². The Bertz CT molecular complexity index is 499. The molecule has 1 rings (SSSR count). The standard InChI is InChI=1S/C16H22FNO4/c1-16(2,15(20)21)9-10-18-14(19)4-3-11-22-13-7-5-12(17)6-8-13/h5-8H,3-4,9-11H2,1-2H3,(H,18,19)(H,20,21). The molecule has 0 spiro atoms. The van der Waals surface area contributed by atoms with Gasteiger partial charge in [0.1, 0.15) is 11.6 Å². The largest absolute Gasteiger partial charge is 0.494 e. The van der Waals surface area contributed by atoms with E-state index in [2.05, 4.69) is 5.32 Å². The van der Waals surface area contributed by atoms with Gasteiger partial charge >= 0.3 is 5.97 Å². The number of ether oxygens (including phenoxy) is 1. The highest BCUT2D eigenvalue weighted by atomic mass is 19.1. The second-order valence-electron chi connectivity index (χ2n) is 5.69. The van der Waals surface area contributed by atoms with Crippen LogP contribution in [0.4, 0.5) is 4.39 Å². The molecule has 0 aliphatic carbocycles. The fourth-order valence-corrected chi connectivity index (χ4v) is 1.66. The van der Waals surface area contributed by atoms with Crippen LogP contribution in [0, 0.1) is 11.2 Å². The van der Waals surface area contributed by atoms with E-state index in [4.69, 9.17) is 9.84 Å². The fourth-order valence-electron chi connectivity index (χ4n) is 1.66. The summed E-state index contributed by atoms with van der Waals surface area (Å²) in [6, 6.07) is 5.69. The number of amides is 1. The minimum atomic E-state index is -0.880. The van der Waals surface area contributed by atoms with Crippen molar-refractivity contribution in [3.05, 3.63) is 30.1 Å². The van der Waals surface area contributed by atoms with Crippen molar-refractivity contribution in [2.45, 2.75) is 33.1 Å². The molecule has 122 valence electrons. The lowest BCUT2D eigenvalue weighted by Crippen LogP contribution is -2.31. The highest BCUT2D eigenvalue weighted by Crippen LogP contribution is 2.19. The van der Waals surface area contributed by atoms with Crippen LogP contribution in [0.1, 0.15) is 33.1 Å². The van der Waals surface area contributed by atoms with Crippen molar-refractivity contribution in [1.29, 1.82) is 0 Å². The number of rotatable bonds is 9. The van der Waals surface area contributed by atoms with E-state index < -0.39 is 11.4 Å². The van der Waals surface area contributed by atoms with Gasteiger partial charge in [0.25, 0.3) is 0 Å². The zero-order valence-corrected chi connectivity index (χ0v) is 12.9. The Labute approximate surface area is 129 Å².